The summed E-state index contributed by atoms with van der Waals surface area (Å²) in [5, 5.41) is 11.7. The summed E-state index contributed by atoms with van der Waals surface area (Å²) in [4.78, 5) is 19.6. The highest BCUT2D eigenvalue weighted by molar-refractivity contribution is 6.36. The Balaban J connectivity index is 1.56. The smallest absolute Gasteiger partial charge is 0.297 e. The maximum Gasteiger partial charge on any atom is 0.297 e. The van der Waals surface area contributed by atoms with Crippen LogP contribution < -0.4 is 14.8 Å². The first-order valence-corrected chi connectivity index (χ1v) is 11.0. The highest BCUT2D eigenvalue weighted by Crippen LogP contribution is 2.34. The highest BCUT2D eigenvalue weighted by Gasteiger charge is 2.26. The first kappa shape index (κ1) is 24.9. The number of aromatic nitrogens is 3. The fraction of sp³-hybridized carbons (Fsp3) is 0.619. The lowest BCUT2D eigenvalue weighted by molar-refractivity contribution is -0.120. The van der Waals surface area contributed by atoms with Gasteiger partial charge in [-0.3, -0.25) is 9.36 Å². The van der Waals surface area contributed by atoms with Crippen LogP contribution in [0, 0.1) is 11.3 Å². The van der Waals surface area contributed by atoms with E-state index in [4.69, 9.17) is 31.1 Å². The number of aryl methyl sites for hydroxylation is 1. The van der Waals surface area contributed by atoms with E-state index in [0.717, 1.165) is 25.7 Å². The molecule has 0 aliphatic heterocycles. The number of hydrogen-bond acceptors (Lipinski definition) is 7. The van der Waals surface area contributed by atoms with Gasteiger partial charge in [-0.05, 0) is 25.7 Å². The molecule has 1 fully saturated rings. The molecule has 2 aromatic rings. The van der Waals surface area contributed by atoms with Gasteiger partial charge in [-0.25, -0.2) is 13.8 Å². The Morgan fingerprint density at radius 1 is 1.33 bits per heavy atom. The van der Waals surface area contributed by atoms with Crippen molar-refractivity contribution in [2.45, 2.75) is 63.7 Å². The predicted octanol–water partition coefficient (Wildman–Crippen LogP) is 3.39. The van der Waals surface area contributed by atoms with Gasteiger partial charge in [0.15, 0.2) is 6.61 Å². The lowest BCUT2D eigenvalue weighted by atomic mass is 9.95. The van der Waals surface area contributed by atoms with Crippen LogP contribution in [0.15, 0.2) is 6.20 Å². The Morgan fingerprint density at radius 3 is 2.67 bits per heavy atom. The number of imidazole rings is 1. The average molecular weight is 486 g/mol. The molecular weight excluding hydrogens is 460 g/mol. The zero-order valence-corrected chi connectivity index (χ0v) is 19.1. The van der Waals surface area contributed by atoms with E-state index >= 15 is 0 Å². The Morgan fingerprint density at radius 2 is 2.03 bits per heavy atom. The van der Waals surface area contributed by atoms with Crippen LogP contribution in [0.4, 0.5) is 8.78 Å². The van der Waals surface area contributed by atoms with E-state index < -0.39 is 13.0 Å². The van der Waals surface area contributed by atoms with Crippen molar-refractivity contribution >= 4 is 28.5 Å². The molecule has 1 aliphatic rings. The van der Waals surface area contributed by atoms with Crippen LogP contribution in [0.2, 0.25) is 5.02 Å². The van der Waals surface area contributed by atoms with Gasteiger partial charge in [0.2, 0.25) is 11.8 Å². The van der Waals surface area contributed by atoms with Gasteiger partial charge in [-0.15, -0.1) is 0 Å². The number of ether oxygens (including phenoxy) is 3. The summed E-state index contributed by atoms with van der Waals surface area (Å²) in [6.07, 6.45) is 1.93. The minimum atomic E-state index is -2.63. The molecule has 2 aromatic heterocycles. The third-order valence-electron chi connectivity index (χ3n) is 5.30. The maximum absolute atomic E-state index is 12.4. The Labute approximate surface area is 195 Å². The van der Waals surface area contributed by atoms with Crippen LogP contribution in [0.5, 0.6) is 11.9 Å². The third-order valence-corrected chi connectivity index (χ3v) is 5.64. The topological polar surface area (TPSA) is 111 Å². The molecule has 0 unspecified atom stereocenters. The first-order valence-electron chi connectivity index (χ1n) is 10.6. The summed E-state index contributed by atoms with van der Waals surface area (Å²) in [5.74, 6) is -0.271. The minimum absolute atomic E-state index is 0.0217. The molecule has 180 valence electrons. The third kappa shape index (κ3) is 6.65. The van der Waals surface area contributed by atoms with E-state index in [1.165, 1.54) is 13.1 Å². The molecule has 0 radical (unpaired) electrons. The molecule has 1 N–H and O–H groups in total. The second-order valence-corrected chi connectivity index (χ2v) is 8.25. The van der Waals surface area contributed by atoms with Crippen LogP contribution in [0.1, 0.15) is 39.0 Å². The number of nitrogens with zero attached hydrogens (tertiary/aromatic N) is 4. The average Bonchev–Trinajstić information content (AvgIpc) is 3.08. The van der Waals surface area contributed by atoms with Crippen molar-refractivity contribution in [1.82, 2.24) is 19.9 Å². The monoisotopic (exact) mass is 485 g/mol. The number of halogens is 3. The molecule has 3 rings (SSSR count). The molecule has 1 aliphatic carbocycles. The van der Waals surface area contributed by atoms with Crippen molar-refractivity contribution in [1.29, 1.82) is 5.26 Å². The Bertz CT molecular complexity index is 1000. The van der Waals surface area contributed by atoms with Crippen molar-refractivity contribution < 1.29 is 27.8 Å². The highest BCUT2D eigenvalue weighted by atomic mass is 35.5. The largest absolute Gasteiger partial charge is 0.470 e. The molecule has 2 heterocycles. The molecule has 0 aromatic carbocycles. The summed E-state index contributed by atoms with van der Waals surface area (Å²) in [5.41, 5.74) is 0.963. The van der Waals surface area contributed by atoms with Gasteiger partial charge in [0.05, 0.1) is 43.0 Å². The summed E-state index contributed by atoms with van der Waals surface area (Å²) in [6, 6.07) is 2.08. The molecule has 9 nitrogen and oxygen atoms in total. The fourth-order valence-corrected chi connectivity index (χ4v) is 4.07. The molecule has 1 atom stereocenters. The van der Waals surface area contributed by atoms with Crippen molar-refractivity contribution in [3.8, 4) is 18.0 Å². The number of carbonyl (C=O) groups excluding carboxylic acids is 1. The second-order valence-electron chi connectivity index (χ2n) is 7.88. The van der Waals surface area contributed by atoms with Crippen molar-refractivity contribution in [2.75, 3.05) is 13.2 Å². The maximum atomic E-state index is 12.4. The van der Waals surface area contributed by atoms with E-state index in [-0.39, 0.29) is 48.1 Å². The summed E-state index contributed by atoms with van der Waals surface area (Å²) in [7, 11) is 1.72. The Hall–Kier alpha value is -2.71. The quantitative estimate of drug-likeness (QED) is 0.549. The number of nitrogens with one attached hydrogen (secondary N) is 1. The summed E-state index contributed by atoms with van der Waals surface area (Å²) >= 11 is 6.31. The summed E-state index contributed by atoms with van der Waals surface area (Å²) in [6.45, 7) is 0.900. The molecule has 1 amide bonds. The van der Waals surface area contributed by atoms with Gasteiger partial charge in [0, 0.05) is 14.0 Å². The van der Waals surface area contributed by atoms with Crippen molar-refractivity contribution in [2.24, 2.45) is 7.05 Å². The zero-order chi connectivity index (χ0) is 24.0. The minimum Gasteiger partial charge on any atom is -0.470 e. The van der Waals surface area contributed by atoms with E-state index in [0.29, 0.717) is 17.0 Å². The standard InChI is InChI=1S/C21H26ClF2N5O4/c1-12(30)27-13(7-8-25)10-31-14-3-5-15(6-4-14)33-21-28-16-9-26-20(32-11-17(23)24)18(22)19(16)29(21)2/h9,13-15,17H,3-7,10-11H2,1-2H3,(H,27,30)/t13-,14?,15?/m0/s1. The number of pyridine rings is 1. The SMILES string of the molecule is CC(=O)N[C@@H](CC#N)COC1CCC(Oc2nc3cnc(OCC(F)F)c(Cl)c3n2C)CC1. The molecule has 0 saturated heterocycles. The first-order chi connectivity index (χ1) is 15.8. The lowest BCUT2D eigenvalue weighted by Gasteiger charge is -2.29. The Kier molecular flexibility index (Phi) is 8.63. The van der Waals surface area contributed by atoms with Crippen LogP contribution in [-0.4, -0.2) is 58.3 Å². The molecule has 0 bridgehead atoms. The lowest BCUT2D eigenvalue weighted by Crippen LogP contribution is -2.38. The number of fused-ring (bicyclic) bond motifs is 1. The number of carbonyl (C=O) groups is 1. The molecule has 33 heavy (non-hydrogen) atoms. The number of hydrogen-bond donors (Lipinski definition) is 1. The van der Waals surface area contributed by atoms with Gasteiger partial charge in [0.1, 0.15) is 16.6 Å². The van der Waals surface area contributed by atoms with Gasteiger partial charge in [-0.1, -0.05) is 11.6 Å². The van der Waals surface area contributed by atoms with Crippen LogP contribution in [0.25, 0.3) is 11.0 Å². The van der Waals surface area contributed by atoms with Crippen molar-refractivity contribution in [3.63, 3.8) is 0 Å². The summed E-state index contributed by atoms with van der Waals surface area (Å²) < 4.78 is 43.5. The van der Waals surface area contributed by atoms with Gasteiger partial charge < -0.3 is 19.5 Å². The van der Waals surface area contributed by atoms with E-state index in [9.17, 15) is 13.6 Å². The van der Waals surface area contributed by atoms with Crippen molar-refractivity contribution in [3.05, 3.63) is 11.2 Å². The number of nitriles is 1. The molecule has 1 saturated carbocycles. The predicted molar refractivity (Wildman–Crippen MR) is 115 cm³/mol. The normalized spacial score (nSPS) is 19.3. The van der Waals surface area contributed by atoms with E-state index in [2.05, 4.69) is 21.4 Å². The van der Waals surface area contributed by atoms with Gasteiger partial charge >= 0.3 is 0 Å². The molecular formula is C21H26ClF2N5O4. The zero-order valence-electron chi connectivity index (χ0n) is 18.4. The van der Waals surface area contributed by atoms with E-state index in [1.54, 1.807) is 11.6 Å². The van der Waals surface area contributed by atoms with Crippen LogP contribution in [-0.2, 0) is 16.6 Å². The fourth-order valence-electron chi connectivity index (χ4n) is 3.74. The van der Waals surface area contributed by atoms with E-state index in [1.807, 2.05) is 0 Å². The van der Waals surface area contributed by atoms with Gasteiger partial charge in [0.25, 0.3) is 12.4 Å². The number of rotatable bonds is 10. The van der Waals surface area contributed by atoms with Crippen LogP contribution >= 0.6 is 11.6 Å². The number of alkyl halides is 2. The molecule has 0 spiro atoms. The second kappa shape index (κ2) is 11.4. The van der Waals surface area contributed by atoms with Gasteiger partial charge in [-0.2, -0.15) is 10.2 Å². The number of amides is 1. The molecule has 12 heteroatoms. The van der Waals surface area contributed by atoms with Crippen LogP contribution in [0.3, 0.4) is 0 Å².